The van der Waals surface area contributed by atoms with Gasteiger partial charge in [0.15, 0.2) is 11.5 Å². The van der Waals surface area contributed by atoms with Crippen LogP contribution in [0.1, 0.15) is 25.6 Å². The van der Waals surface area contributed by atoms with E-state index in [-0.39, 0.29) is 11.8 Å². The van der Waals surface area contributed by atoms with Crippen LogP contribution in [-0.2, 0) is 6.61 Å². The van der Waals surface area contributed by atoms with Gasteiger partial charge in [-0.3, -0.25) is 4.68 Å². The van der Waals surface area contributed by atoms with E-state index in [1.54, 1.807) is 24.3 Å². The number of ether oxygens (including phenoxy) is 1. The molecule has 0 saturated heterocycles. The number of phenols is 1. The summed E-state index contributed by atoms with van der Waals surface area (Å²) < 4.78 is 7.38. The van der Waals surface area contributed by atoms with Gasteiger partial charge in [-0.05, 0) is 26.0 Å². The number of nitrogen functional groups attached to an aromatic ring is 1. The minimum Gasteiger partial charge on any atom is -0.504 e. The third kappa shape index (κ3) is 2.56. The molecule has 2 aromatic rings. The molecule has 0 aliphatic heterocycles. The van der Waals surface area contributed by atoms with Crippen LogP contribution in [0.25, 0.3) is 0 Å². The second-order valence-corrected chi connectivity index (χ2v) is 4.36. The van der Waals surface area contributed by atoms with Crippen molar-refractivity contribution in [1.29, 1.82) is 0 Å². The summed E-state index contributed by atoms with van der Waals surface area (Å²) in [6.45, 7) is 4.37. The van der Waals surface area contributed by atoms with Gasteiger partial charge in [-0.15, -0.1) is 0 Å². The largest absolute Gasteiger partial charge is 0.504 e. The Bertz CT molecular complexity index is 535. The lowest BCUT2D eigenvalue weighted by molar-refractivity contribution is 0.274. The Labute approximate surface area is 106 Å². The summed E-state index contributed by atoms with van der Waals surface area (Å²) >= 11 is 0. The molecular weight excluding hydrogens is 230 g/mol. The Kier molecular flexibility index (Phi) is 3.41. The molecule has 1 heterocycles. The van der Waals surface area contributed by atoms with Crippen LogP contribution in [0.5, 0.6) is 11.5 Å². The SMILES string of the molecule is CC(C)n1nc(N)cc1COc1ccccc1O. The zero-order valence-corrected chi connectivity index (χ0v) is 10.5. The molecule has 0 spiro atoms. The molecule has 0 fully saturated rings. The van der Waals surface area contributed by atoms with Crippen molar-refractivity contribution < 1.29 is 9.84 Å². The predicted molar refractivity (Wildman–Crippen MR) is 69.5 cm³/mol. The van der Waals surface area contributed by atoms with Gasteiger partial charge in [0.05, 0.1) is 5.69 Å². The van der Waals surface area contributed by atoms with Crippen molar-refractivity contribution in [3.8, 4) is 11.5 Å². The van der Waals surface area contributed by atoms with Crippen molar-refractivity contribution >= 4 is 5.82 Å². The number of hydrogen-bond acceptors (Lipinski definition) is 4. The lowest BCUT2D eigenvalue weighted by Crippen LogP contribution is -2.10. The summed E-state index contributed by atoms with van der Waals surface area (Å²) in [6.07, 6.45) is 0. The molecule has 0 unspecified atom stereocenters. The molecule has 3 N–H and O–H groups in total. The second kappa shape index (κ2) is 5.00. The molecule has 1 aromatic carbocycles. The molecule has 18 heavy (non-hydrogen) atoms. The lowest BCUT2D eigenvalue weighted by Gasteiger charge is -2.12. The number of nitrogens with zero attached hydrogens (tertiary/aromatic N) is 2. The summed E-state index contributed by atoms with van der Waals surface area (Å²) in [5.41, 5.74) is 6.56. The summed E-state index contributed by atoms with van der Waals surface area (Å²) in [4.78, 5) is 0. The van der Waals surface area contributed by atoms with Gasteiger partial charge in [-0.1, -0.05) is 12.1 Å². The average Bonchev–Trinajstić information content (AvgIpc) is 2.70. The number of hydrogen-bond donors (Lipinski definition) is 2. The molecule has 1 aromatic heterocycles. The fourth-order valence-corrected chi connectivity index (χ4v) is 1.74. The maximum Gasteiger partial charge on any atom is 0.161 e. The Morgan fingerprint density at radius 3 is 2.78 bits per heavy atom. The van der Waals surface area contributed by atoms with Gasteiger partial charge in [0, 0.05) is 12.1 Å². The van der Waals surface area contributed by atoms with Crippen LogP contribution in [0.4, 0.5) is 5.82 Å². The first-order valence-electron chi connectivity index (χ1n) is 5.82. The first-order chi connectivity index (χ1) is 8.58. The van der Waals surface area contributed by atoms with E-state index in [1.165, 1.54) is 0 Å². The zero-order valence-electron chi connectivity index (χ0n) is 10.5. The van der Waals surface area contributed by atoms with Crippen LogP contribution < -0.4 is 10.5 Å². The van der Waals surface area contributed by atoms with Gasteiger partial charge in [0.2, 0.25) is 0 Å². The van der Waals surface area contributed by atoms with Gasteiger partial charge >= 0.3 is 0 Å². The summed E-state index contributed by atoms with van der Waals surface area (Å²) in [7, 11) is 0. The van der Waals surface area contributed by atoms with E-state index in [0.29, 0.717) is 18.2 Å². The Hall–Kier alpha value is -2.17. The minimum absolute atomic E-state index is 0.126. The highest BCUT2D eigenvalue weighted by Gasteiger charge is 2.10. The fourth-order valence-electron chi connectivity index (χ4n) is 1.74. The number of aromatic nitrogens is 2. The third-order valence-corrected chi connectivity index (χ3v) is 2.56. The Morgan fingerprint density at radius 1 is 1.39 bits per heavy atom. The van der Waals surface area contributed by atoms with Gasteiger partial charge in [-0.25, -0.2) is 0 Å². The number of para-hydroxylation sites is 2. The minimum atomic E-state index is 0.126. The van der Waals surface area contributed by atoms with Gasteiger partial charge in [-0.2, -0.15) is 5.10 Å². The van der Waals surface area contributed by atoms with Gasteiger partial charge in [0.25, 0.3) is 0 Å². The zero-order chi connectivity index (χ0) is 13.1. The molecule has 0 aliphatic carbocycles. The normalized spacial score (nSPS) is 10.8. The quantitative estimate of drug-likeness (QED) is 0.869. The number of nitrogens with two attached hydrogens (primary N) is 1. The maximum atomic E-state index is 9.60. The monoisotopic (exact) mass is 247 g/mol. The second-order valence-electron chi connectivity index (χ2n) is 4.36. The van der Waals surface area contributed by atoms with Crippen molar-refractivity contribution in [1.82, 2.24) is 9.78 Å². The predicted octanol–water partition coefficient (Wildman–Crippen LogP) is 2.33. The van der Waals surface area contributed by atoms with Crippen LogP contribution in [-0.4, -0.2) is 14.9 Å². The smallest absolute Gasteiger partial charge is 0.161 e. The first-order valence-corrected chi connectivity index (χ1v) is 5.82. The average molecular weight is 247 g/mol. The van der Waals surface area contributed by atoms with Crippen molar-refractivity contribution in [3.05, 3.63) is 36.0 Å². The lowest BCUT2D eigenvalue weighted by atomic mass is 10.3. The highest BCUT2D eigenvalue weighted by molar-refractivity contribution is 5.38. The number of aromatic hydroxyl groups is 1. The van der Waals surface area contributed by atoms with Crippen molar-refractivity contribution in [2.45, 2.75) is 26.5 Å². The standard InChI is InChI=1S/C13H17N3O2/c1-9(2)16-10(7-13(14)15-16)8-18-12-6-4-3-5-11(12)17/h3-7,9,17H,8H2,1-2H3,(H2,14,15). The molecule has 0 aliphatic rings. The molecule has 5 heteroatoms. The van der Waals surface area contributed by atoms with E-state index in [0.717, 1.165) is 5.69 Å². The van der Waals surface area contributed by atoms with Crippen LogP contribution in [0.15, 0.2) is 30.3 Å². The van der Waals surface area contributed by atoms with Crippen molar-refractivity contribution in [2.75, 3.05) is 5.73 Å². The van der Waals surface area contributed by atoms with Crippen LogP contribution >= 0.6 is 0 Å². The molecule has 0 radical (unpaired) electrons. The molecule has 2 rings (SSSR count). The maximum absolute atomic E-state index is 9.60. The molecule has 5 nitrogen and oxygen atoms in total. The highest BCUT2D eigenvalue weighted by Crippen LogP contribution is 2.25. The summed E-state index contributed by atoms with van der Waals surface area (Å²) in [6, 6.07) is 8.85. The van der Waals surface area contributed by atoms with Crippen LogP contribution in [0, 0.1) is 0 Å². The molecule has 0 saturated carbocycles. The molecule has 96 valence electrons. The fraction of sp³-hybridized carbons (Fsp3) is 0.308. The van der Waals surface area contributed by atoms with E-state index < -0.39 is 0 Å². The van der Waals surface area contributed by atoms with Gasteiger partial charge < -0.3 is 15.6 Å². The number of benzene rings is 1. The number of rotatable bonds is 4. The van der Waals surface area contributed by atoms with E-state index in [2.05, 4.69) is 5.10 Å². The molecule has 0 bridgehead atoms. The summed E-state index contributed by atoms with van der Waals surface area (Å²) in [5.74, 6) is 1.05. The van der Waals surface area contributed by atoms with Crippen LogP contribution in [0.2, 0.25) is 0 Å². The molecule has 0 amide bonds. The third-order valence-electron chi connectivity index (χ3n) is 2.56. The van der Waals surface area contributed by atoms with Crippen LogP contribution in [0.3, 0.4) is 0 Å². The van der Waals surface area contributed by atoms with E-state index >= 15 is 0 Å². The first kappa shape index (κ1) is 12.3. The van der Waals surface area contributed by atoms with E-state index in [1.807, 2.05) is 24.6 Å². The highest BCUT2D eigenvalue weighted by atomic mass is 16.5. The van der Waals surface area contributed by atoms with Crippen molar-refractivity contribution in [2.24, 2.45) is 0 Å². The number of phenolic OH excluding ortho intramolecular Hbond substituents is 1. The molecule has 0 atom stereocenters. The summed E-state index contributed by atoms with van der Waals surface area (Å²) in [5, 5.41) is 13.8. The topological polar surface area (TPSA) is 73.3 Å². The van der Waals surface area contributed by atoms with E-state index in [4.69, 9.17) is 10.5 Å². The Morgan fingerprint density at radius 2 is 2.11 bits per heavy atom. The Balaban J connectivity index is 2.13. The van der Waals surface area contributed by atoms with Gasteiger partial charge in [0.1, 0.15) is 12.4 Å². The number of anilines is 1. The molecular formula is C13H17N3O2. The van der Waals surface area contributed by atoms with E-state index in [9.17, 15) is 5.11 Å². The van der Waals surface area contributed by atoms with Crippen molar-refractivity contribution in [3.63, 3.8) is 0 Å².